The van der Waals surface area contributed by atoms with Gasteiger partial charge in [-0.25, -0.2) is 0 Å². The van der Waals surface area contributed by atoms with Gasteiger partial charge in [-0.3, -0.25) is 9.59 Å². The van der Waals surface area contributed by atoms with Gasteiger partial charge < -0.3 is 14.8 Å². The highest BCUT2D eigenvalue weighted by molar-refractivity contribution is 6.04. The highest BCUT2D eigenvalue weighted by Gasteiger charge is 2.52. The highest BCUT2D eigenvalue weighted by atomic mass is 16.2. The van der Waals surface area contributed by atoms with Crippen molar-refractivity contribution in [3.05, 3.63) is 107 Å². The van der Waals surface area contributed by atoms with Crippen molar-refractivity contribution >= 4 is 22.7 Å². The molecule has 0 saturated heterocycles. The van der Waals surface area contributed by atoms with E-state index >= 15 is 0 Å². The molecule has 1 aliphatic carbocycles. The van der Waals surface area contributed by atoms with E-state index in [2.05, 4.69) is 66.2 Å². The Labute approximate surface area is 237 Å². The van der Waals surface area contributed by atoms with Gasteiger partial charge in [-0.2, -0.15) is 0 Å². The molecule has 1 aliphatic heterocycles. The average Bonchev–Trinajstić information content (AvgIpc) is 3.30. The van der Waals surface area contributed by atoms with Gasteiger partial charge >= 0.3 is 0 Å². The number of nitrogens with zero attached hydrogens (tertiary/aromatic N) is 2. The summed E-state index contributed by atoms with van der Waals surface area (Å²) in [4.78, 5) is 31.2. The molecule has 2 heterocycles. The zero-order chi connectivity index (χ0) is 27.7. The van der Waals surface area contributed by atoms with Crippen LogP contribution in [0.1, 0.15) is 77.7 Å². The molecule has 206 valence electrons. The van der Waals surface area contributed by atoms with Crippen LogP contribution >= 0.6 is 0 Å². The molecular formula is C35H39N3O2. The number of nitrogens with one attached hydrogen (secondary N) is 1. The van der Waals surface area contributed by atoms with Crippen LogP contribution in [0.3, 0.4) is 0 Å². The highest BCUT2D eigenvalue weighted by Crippen LogP contribution is 2.40. The van der Waals surface area contributed by atoms with Gasteiger partial charge in [-0.15, -0.1) is 0 Å². The molecule has 0 radical (unpaired) electrons. The molecule has 3 aromatic carbocycles. The molecule has 1 saturated carbocycles. The molecule has 0 bridgehead atoms. The molecule has 1 atom stereocenters. The minimum Gasteiger partial charge on any atom is -0.351 e. The Morgan fingerprint density at radius 1 is 0.850 bits per heavy atom. The number of carbonyl (C=O) groups is 2. The van der Waals surface area contributed by atoms with Gasteiger partial charge in [0.2, 0.25) is 0 Å². The van der Waals surface area contributed by atoms with E-state index in [-0.39, 0.29) is 17.9 Å². The van der Waals surface area contributed by atoms with Crippen molar-refractivity contribution in [2.24, 2.45) is 0 Å². The van der Waals surface area contributed by atoms with Crippen molar-refractivity contribution in [2.45, 2.75) is 83.5 Å². The van der Waals surface area contributed by atoms with Gasteiger partial charge in [0, 0.05) is 23.5 Å². The molecule has 4 aromatic rings. The van der Waals surface area contributed by atoms with Gasteiger partial charge in [-0.05, 0) is 55.5 Å². The van der Waals surface area contributed by atoms with E-state index < -0.39 is 5.54 Å². The molecule has 5 nitrogen and oxygen atoms in total. The first-order valence-corrected chi connectivity index (χ1v) is 14.8. The molecule has 1 N–H and O–H groups in total. The second-order valence-electron chi connectivity index (χ2n) is 11.8. The van der Waals surface area contributed by atoms with E-state index in [1.165, 1.54) is 24.8 Å². The van der Waals surface area contributed by atoms with Crippen LogP contribution in [0.5, 0.6) is 0 Å². The Morgan fingerprint density at radius 2 is 1.52 bits per heavy atom. The third kappa shape index (κ3) is 4.83. The number of fused-ring (bicyclic) bond motifs is 3. The number of carbonyl (C=O) groups excluding carboxylic acids is 2. The normalized spacial score (nSPS) is 20.1. The maximum atomic E-state index is 14.8. The molecule has 1 aromatic heterocycles. The number of aryl methyl sites for hydroxylation is 2. The minimum atomic E-state index is -1.19. The van der Waals surface area contributed by atoms with E-state index in [1.54, 1.807) is 0 Å². The van der Waals surface area contributed by atoms with Gasteiger partial charge in [0.1, 0.15) is 5.69 Å². The summed E-state index contributed by atoms with van der Waals surface area (Å²) < 4.78 is 2.08. The first-order valence-electron chi connectivity index (χ1n) is 14.8. The fourth-order valence-electron chi connectivity index (χ4n) is 6.61. The Kier molecular flexibility index (Phi) is 7.22. The second kappa shape index (κ2) is 11.0. The molecule has 0 spiro atoms. The lowest BCUT2D eigenvalue weighted by Crippen LogP contribution is -2.64. The van der Waals surface area contributed by atoms with Crippen molar-refractivity contribution < 1.29 is 9.59 Å². The summed E-state index contributed by atoms with van der Waals surface area (Å²) in [5, 5.41) is 4.50. The van der Waals surface area contributed by atoms with E-state index in [0.29, 0.717) is 18.8 Å². The molecule has 6 rings (SSSR count). The predicted octanol–water partition coefficient (Wildman–Crippen LogP) is 7.04. The van der Waals surface area contributed by atoms with Crippen LogP contribution in [-0.4, -0.2) is 27.3 Å². The average molecular weight is 534 g/mol. The summed E-state index contributed by atoms with van der Waals surface area (Å²) >= 11 is 0. The first-order chi connectivity index (χ1) is 19.5. The smallest absolute Gasteiger partial charge is 0.272 e. The Morgan fingerprint density at radius 3 is 2.25 bits per heavy atom. The number of rotatable bonds is 5. The zero-order valence-electron chi connectivity index (χ0n) is 23.7. The SMILES string of the molecule is Cc1ccc(CN2C(=O)c3cc4ccc(C)cc4n3CC2(C(=O)NC2CCCCCCC2)c2ccccc2)cc1. The molecule has 1 fully saturated rings. The lowest BCUT2D eigenvalue weighted by molar-refractivity contribution is -0.136. The van der Waals surface area contributed by atoms with Gasteiger partial charge in [-0.1, -0.05) is 104 Å². The quantitative estimate of drug-likeness (QED) is 0.299. The lowest BCUT2D eigenvalue weighted by Gasteiger charge is -2.47. The van der Waals surface area contributed by atoms with E-state index in [4.69, 9.17) is 0 Å². The van der Waals surface area contributed by atoms with Gasteiger partial charge in [0.15, 0.2) is 5.54 Å². The van der Waals surface area contributed by atoms with Crippen LogP contribution in [-0.2, 0) is 23.4 Å². The minimum absolute atomic E-state index is 0.0788. The summed E-state index contributed by atoms with van der Waals surface area (Å²) in [6, 6.07) is 26.6. The standard InChI is InChI=1S/C35H39N3O2/c1-25-15-18-27(19-16-25)23-38-33(39)32-22-28-20-17-26(2)21-31(28)37(32)24-35(38,29-11-7-6-8-12-29)34(40)36-30-13-9-4-3-5-10-14-30/h6-8,11-12,15-22,30H,3-5,9-10,13-14,23-24H2,1-2H3,(H,36,40). The molecule has 40 heavy (non-hydrogen) atoms. The predicted molar refractivity (Wildman–Crippen MR) is 160 cm³/mol. The molecule has 2 aliphatic rings. The third-order valence-electron chi connectivity index (χ3n) is 8.90. The molecule has 5 heteroatoms. The lowest BCUT2D eigenvalue weighted by atomic mass is 9.83. The molecule has 2 amide bonds. The first kappa shape index (κ1) is 26.4. The maximum absolute atomic E-state index is 14.8. The van der Waals surface area contributed by atoms with Crippen molar-refractivity contribution in [3.63, 3.8) is 0 Å². The van der Waals surface area contributed by atoms with Crippen LogP contribution in [0.25, 0.3) is 10.9 Å². The number of amides is 2. The Hall–Kier alpha value is -3.86. The molecule has 1 unspecified atom stereocenters. The topological polar surface area (TPSA) is 54.3 Å². The van der Waals surface area contributed by atoms with Crippen molar-refractivity contribution in [1.82, 2.24) is 14.8 Å². The summed E-state index contributed by atoms with van der Waals surface area (Å²) in [7, 11) is 0. The van der Waals surface area contributed by atoms with E-state index in [0.717, 1.165) is 53.3 Å². The van der Waals surface area contributed by atoms with Crippen molar-refractivity contribution in [1.29, 1.82) is 0 Å². The van der Waals surface area contributed by atoms with Crippen LogP contribution in [0, 0.1) is 13.8 Å². The number of aromatic nitrogens is 1. The summed E-state index contributed by atoms with van der Waals surface area (Å²) in [5.74, 6) is -0.192. The molecular weight excluding hydrogens is 494 g/mol. The van der Waals surface area contributed by atoms with Crippen LogP contribution in [0.2, 0.25) is 0 Å². The maximum Gasteiger partial charge on any atom is 0.272 e. The van der Waals surface area contributed by atoms with Crippen LogP contribution < -0.4 is 5.32 Å². The number of hydrogen-bond acceptors (Lipinski definition) is 2. The third-order valence-corrected chi connectivity index (χ3v) is 8.90. The summed E-state index contributed by atoms with van der Waals surface area (Å²) in [5.41, 5.74) is 4.61. The van der Waals surface area contributed by atoms with Crippen molar-refractivity contribution in [2.75, 3.05) is 0 Å². The Balaban J connectivity index is 1.52. The zero-order valence-corrected chi connectivity index (χ0v) is 23.7. The van der Waals surface area contributed by atoms with Gasteiger partial charge in [0.25, 0.3) is 11.8 Å². The Bertz CT molecular complexity index is 1510. The fraction of sp³-hybridized carbons (Fsp3) is 0.371. The summed E-state index contributed by atoms with van der Waals surface area (Å²) in [6.07, 6.45) is 7.93. The van der Waals surface area contributed by atoms with Crippen molar-refractivity contribution in [3.8, 4) is 0 Å². The van der Waals surface area contributed by atoms with E-state index in [1.807, 2.05) is 41.3 Å². The second-order valence-corrected chi connectivity index (χ2v) is 11.8. The van der Waals surface area contributed by atoms with E-state index in [9.17, 15) is 9.59 Å². The van der Waals surface area contributed by atoms with Crippen LogP contribution in [0.4, 0.5) is 0 Å². The van der Waals surface area contributed by atoms with Crippen LogP contribution in [0.15, 0.2) is 78.9 Å². The summed E-state index contributed by atoms with van der Waals surface area (Å²) in [6.45, 7) is 4.86. The number of hydrogen-bond donors (Lipinski definition) is 1. The van der Waals surface area contributed by atoms with Gasteiger partial charge in [0.05, 0.1) is 6.54 Å². The fourth-order valence-corrected chi connectivity index (χ4v) is 6.61. The largest absolute Gasteiger partial charge is 0.351 e. The number of benzene rings is 3. The monoisotopic (exact) mass is 533 g/mol.